The second kappa shape index (κ2) is 7.68. The summed E-state index contributed by atoms with van der Waals surface area (Å²) in [4.78, 5) is 4.40. The summed E-state index contributed by atoms with van der Waals surface area (Å²) in [5.74, 6) is 3.85. The van der Waals surface area contributed by atoms with Crippen molar-refractivity contribution in [1.82, 2.24) is 15.5 Å². The van der Waals surface area contributed by atoms with Crippen molar-refractivity contribution in [2.75, 3.05) is 18.8 Å². The highest BCUT2D eigenvalue weighted by atomic mass is 32.2. The number of nitrogens with one attached hydrogen (secondary N) is 1. The van der Waals surface area contributed by atoms with E-state index >= 15 is 0 Å². The van der Waals surface area contributed by atoms with Gasteiger partial charge in [-0.1, -0.05) is 25.9 Å². The molecule has 0 bridgehead atoms. The van der Waals surface area contributed by atoms with Gasteiger partial charge in [0.05, 0.1) is 5.75 Å². The van der Waals surface area contributed by atoms with E-state index in [0.717, 1.165) is 36.3 Å². The van der Waals surface area contributed by atoms with Gasteiger partial charge in [-0.05, 0) is 18.7 Å². The van der Waals surface area contributed by atoms with Crippen LogP contribution >= 0.6 is 11.8 Å². The molecule has 1 aromatic heterocycles. The minimum atomic E-state index is 0.289. The van der Waals surface area contributed by atoms with Crippen LogP contribution in [0, 0.1) is 0 Å². The normalized spacial score (nSPS) is 12.9. The molecular formula is C11H21N3OS. The van der Waals surface area contributed by atoms with Crippen molar-refractivity contribution in [3.63, 3.8) is 0 Å². The van der Waals surface area contributed by atoms with Crippen LogP contribution in [0.4, 0.5) is 0 Å². The van der Waals surface area contributed by atoms with Gasteiger partial charge in [-0.3, -0.25) is 0 Å². The van der Waals surface area contributed by atoms with Crippen molar-refractivity contribution in [2.24, 2.45) is 0 Å². The minimum Gasteiger partial charge on any atom is -0.339 e. The number of thioether (sulfide) groups is 1. The van der Waals surface area contributed by atoms with Crippen LogP contribution in [0.1, 0.15) is 44.8 Å². The molecule has 0 amide bonds. The SMILES string of the molecule is CCCSCc1noc(C(C)CNCC)n1. The molecule has 0 saturated heterocycles. The largest absolute Gasteiger partial charge is 0.339 e. The molecule has 5 heteroatoms. The lowest BCUT2D eigenvalue weighted by molar-refractivity contribution is 0.352. The second-order valence-electron chi connectivity index (χ2n) is 3.81. The molecule has 1 aromatic rings. The Bertz CT molecular complexity index is 291. The summed E-state index contributed by atoms with van der Waals surface area (Å²) in [7, 11) is 0. The van der Waals surface area contributed by atoms with Crippen LogP contribution in [0.15, 0.2) is 4.52 Å². The highest BCUT2D eigenvalue weighted by Crippen LogP contribution is 2.15. The zero-order valence-electron chi connectivity index (χ0n) is 10.3. The summed E-state index contributed by atoms with van der Waals surface area (Å²) in [6, 6.07) is 0. The van der Waals surface area contributed by atoms with Crippen molar-refractivity contribution in [1.29, 1.82) is 0 Å². The Hall–Kier alpha value is -0.550. The number of likely N-dealkylation sites (N-methyl/N-ethyl adjacent to an activating group) is 1. The Labute approximate surface area is 102 Å². The van der Waals surface area contributed by atoms with Crippen LogP contribution in [0.2, 0.25) is 0 Å². The molecule has 0 saturated carbocycles. The molecule has 0 aromatic carbocycles. The van der Waals surface area contributed by atoms with Crippen LogP contribution in [0.5, 0.6) is 0 Å². The van der Waals surface area contributed by atoms with Gasteiger partial charge in [-0.25, -0.2) is 0 Å². The van der Waals surface area contributed by atoms with Crippen molar-refractivity contribution in [3.05, 3.63) is 11.7 Å². The van der Waals surface area contributed by atoms with E-state index in [0.29, 0.717) is 0 Å². The summed E-state index contributed by atoms with van der Waals surface area (Å²) in [5, 5.41) is 7.26. The van der Waals surface area contributed by atoms with E-state index in [1.54, 1.807) is 0 Å². The molecule has 92 valence electrons. The average molecular weight is 243 g/mol. The van der Waals surface area contributed by atoms with E-state index in [2.05, 4.69) is 36.2 Å². The maximum Gasteiger partial charge on any atom is 0.230 e. The fourth-order valence-electron chi connectivity index (χ4n) is 1.28. The number of rotatable bonds is 8. The van der Waals surface area contributed by atoms with Gasteiger partial charge in [0.1, 0.15) is 0 Å². The van der Waals surface area contributed by atoms with Gasteiger partial charge in [0.25, 0.3) is 0 Å². The maximum atomic E-state index is 5.24. The van der Waals surface area contributed by atoms with Crippen molar-refractivity contribution < 1.29 is 4.52 Å². The minimum absolute atomic E-state index is 0.289. The van der Waals surface area contributed by atoms with Crippen molar-refractivity contribution >= 4 is 11.8 Å². The smallest absolute Gasteiger partial charge is 0.230 e. The van der Waals surface area contributed by atoms with Crippen molar-refractivity contribution in [2.45, 2.75) is 38.9 Å². The summed E-state index contributed by atoms with van der Waals surface area (Å²) in [6.07, 6.45) is 1.19. The Morgan fingerprint density at radius 1 is 1.44 bits per heavy atom. The lowest BCUT2D eigenvalue weighted by Gasteiger charge is -2.05. The summed E-state index contributed by atoms with van der Waals surface area (Å²) < 4.78 is 5.24. The topological polar surface area (TPSA) is 51.0 Å². The first-order valence-corrected chi connectivity index (χ1v) is 7.04. The van der Waals surface area contributed by atoms with E-state index in [1.165, 1.54) is 6.42 Å². The molecule has 4 nitrogen and oxygen atoms in total. The van der Waals surface area contributed by atoms with Gasteiger partial charge < -0.3 is 9.84 Å². The first-order valence-electron chi connectivity index (χ1n) is 5.88. The van der Waals surface area contributed by atoms with Crippen LogP contribution in [0.3, 0.4) is 0 Å². The zero-order valence-corrected chi connectivity index (χ0v) is 11.1. The number of hydrogen-bond donors (Lipinski definition) is 1. The molecular weight excluding hydrogens is 222 g/mol. The molecule has 1 heterocycles. The van der Waals surface area contributed by atoms with Crippen molar-refractivity contribution in [3.8, 4) is 0 Å². The third kappa shape index (κ3) is 4.53. The Morgan fingerprint density at radius 3 is 2.94 bits per heavy atom. The molecule has 1 rings (SSSR count). The van der Waals surface area contributed by atoms with E-state index in [9.17, 15) is 0 Å². The van der Waals surface area contributed by atoms with E-state index in [4.69, 9.17) is 4.52 Å². The molecule has 0 aliphatic rings. The van der Waals surface area contributed by atoms with Gasteiger partial charge in [-0.2, -0.15) is 16.7 Å². The van der Waals surface area contributed by atoms with Crippen LogP contribution in [-0.4, -0.2) is 29.0 Å². The molecule has 1 unspecified atom stereocenters. The third-order valence-electron chi connectivity index (χ3n) is 2.19. The van der Waals surface area contributed by atoms with E-state index in [-0.39, 0.29) is 5.92 Å². The first kappa shape index (κ1) is 13.5. The number of nitrogens with zero attached hydrogens (tertiary/aromatic N) is 2. The van der Waals surface area contributed by atoms with Gasteiger partial charge in [0.15, 0.2) is 5.82 Å². The fraction of sp³-hybridized carbons (Fsp3) is 0.818. The average Bonchev–Trinajstić information content (AvgIpc) is 2.75. The lowest BCUT2D eigenvalue weighted by atomic mass is 10.2. The van der Waals surface area contributed by atoms with Crippen LogP contribution < -0.4 is 5.32 Å². The molecule has 0 aliphatic heterocycles. The lowest BCUT2D eigenvalue weighted by Crippen LogP contribution is -2.19. The van der Waals surface area contributed by atoms with Gasteiger partial charge in [-0.15, -0.1) is 0 Å². The Kier molecular flexibility index (Phi) is 6.49. The van der Waals surface area contributed by atoms with Crippen LogP contribution in [-0.2, 0) is 5.75 Å². The number of hydrogen-bond acceptors (Lipinski definition) is 5. The number of aromatic nitrogens is 2. The molecule has 0 fully saturated rings. The predicted octanol–water partition coefficient (Wildman–Crippen LogP) is 2.43. The first-order chi connectivity index (χ1) is 7.77. The third-order valence-corrected chi connectivity index (χ3v) is 3.34. The molecule has 1 N–H and O–H groups in total. The molecule has 16 heavy (non-hydrogen) atoms. The van der Waals surface area contributed by atoms with Crippen LogP contribution in [0.25, 0.3) is 0 Å². The highest BCUT2D eigenvalue weighted by Gasteiger charge is 2.13. The maximum absolute atomic E-state index is 5.24. The Morgan fingerprint density at radius 2 is 2.25 bits per heavy atom. The highest BCUT2D eigenvalue weighted by molar-refractivity contribution is 7.98. The van der Waals surface area contributed by atoms with Gasteiger partial charge >= 0.3 is 0 Å². The predicted molar refractivity (Wildman–Crippen MR) is 67.7 cm³/mol. The Balaban J connectivity index is 2.37. The fourth-order valence-corrected chi connectivity index (χ4v) is 2.02. The summed E-state index contributed by atoms with van der Waals surface area (Å²) in [5.41, 5.74) is 0. The zero-order chi connectivity index (χ0) is 11.8. The van der Waals surface area contributed by atoms with Gasteiger partial charge in [0.2, 0.25) is 5.89 Å². The van der Waals surface area contributed by atoms with E-state index in [1.807, 2.05) is 11.8 Å². The van der Waals surface area contributed by atoms with E-state index < -0.39 is 0 Å². The summed E-state index contributed by atoms with van der Waals surface area (Å²) >= 11 is 1.85. The summed E-state index contributed by atoms with van der Waals surface area (Å²) in [6.45, 7) is 8.22. The molecule has 0 radical (unpaired) electrons. The van der Waals surface area contributed by atoms with Gasteiger partial charge in [0, 0.05) is 12.5 Å². The molecule has 0 aliphatic carbocycles. The standard InChI is InChI=1S/C11H21N3OS/c1-4-6-16-8-10-13-11(15-14-10)9(3)7-12-5-2/h9,12H,4-8H2,1-3H3. The second-order valence-corrected chi connectivity index (χ2v) is 4.92. The monoisotopic (exact) mass is 243 g/mol. The molecule has 1 atom stereocenters. The molecule has 0 spiro atoms. The quantitative estimate of drug-likeness (QED) is 0.711.